The summed E-state index contributed by atoms with van der Waals surface area (Å²) in [6, 6.07) is 5.85. The van der Waals surface area contributed by atoms with Crippen LogP contribution in [0.1, 0.15) is 11.3 Å². The lowest BCUT2D eigenvalue weighted by atomic mass is 10.1. The summed E-state index contributed by atoms with van der Waals surface area (Å²) in [5.74, 6) is 0. The van der Waals surface area contributed by atoms with Gasteiger partial charge in [0, 0.05) is 11.9 Å². The molecular formula is C8H8N2. The molecular weight excluding hydrogens is 124 g/mol. The topological polar surface area (TPSA) is 36.7 Å². The zero-order valence-electron chi connectivity index (χ0n) is 5.83. The maximum absolute atomic E-state index is 8.37. The van der Waals surface area contributed by atoms with Gasteiger partial charge in [0.1, 0.15) is 0 Å². The number of pyridine rings is 1. The Hall–Kier alpha value is -1.36. The zero-order valence-corrected chi connectivity index (χ0v) is 5.83. The van der Waals surface area contributed by atoms with Crippen LogP contribution in [0.3, 0.4) is 0 Å². The quantitative estimate of drug-likeness (QED) is 0.580. The van der Waals surface area contributed by atoms with Crippen LogP contribution in [0, 0.1) is 18.3 Å². The Morgan fingerprint density at radius 1 is 1.70 bits per heavy atom. The van der Waals surface area contributed by atoms with Gasteiger partial charge >= 0.3 is 0 Å². The van der Waals surface area contributed by atoms with Crippen LogP contribution in [-0.2, 0) is 6.42 Å². The summed E-state index contributed by atoms with van der Waals surface area (Å²) in [6.07, 6.45) is 2.19. The molecule has 0 amide bonds. The summed E-state index contributed by atoms with van der Waals surface area (Å²) in [6.45, 7) is 1.91. The summed E-state index contributed by atoms with van der Waals surface area (Å²) >= 11 is 0. The lowest BCUT2D eigenvalue weighted by molar-refractivity contribution is 1.11. The number of aryl methyl sites for hydroxylation is 1. The molecule has 2 nitrogen and oxygen atoms in total. The van der Waals surface area contributed by atoms with Crippen molar-refractivity contribution in [2.45, 2.75) is 13.3 Å². The van der Waals surface area contributed by atoms with Crippen molar-refractivity contribution in [2.75, 3.05) is 0 Å². The fourth-order valence-corrected chi connectivity index (χ4v) is 0.790. The molecule has 0 aromatic carbocycles. The average Bonchev–Trinajstić information content (AvgIpc) is 1.94. The van der Waals surface area contributed by atoms with Crippen molar-refractivity contribution in [1.29, 1.82) is 5.26 Å². The summed E-state index contributed by atoms with van der Waals surface area (Å²) in [5, 5.41) is 8.37. The van der Waals surface area contributed by atoms with E-state index in [0.29, 0.717) is 6.42 Å². The molecule has 0 radical (unpaired) electrons. The monoisotopic (exact) mass is 132 g/mol. The van der Waals surface area contributed by atoms with Crippen LogP contribution in [0.4, 0.5) is 0 Å². The van der Waals surface area contributed by atoms with Gasteiger partial charge in [0.15, 0.2) is 0 Å². The summed E-state index contributed by atoms with van der Waals surface area (Å²) in [7, 11) is 0. The van der Waals surface area contributed by atoms with Crippen LogP contribution >= 0.6 is 0 Å². The van der Waals surface area contributed by atoms with Gasteiger partial charge < -0.3 is 0 Å². The van der Waals surface area contributed by atoms with Crippen LogP contribution in [0.2, 0.25) is 0 Å². The minimum atomic E-state index is 0.458. The Balaban J connectivity index is 2.94. The number of nitrogens with zero attached hydrogens (tertiary/aromatic N) is 2. The van der Waals surface area contributed by atoms with Crippen molar-refractivity contribution in [3.63, 3.8) is 0 Å². The highest BCUT2D eigenvalue weighted by Crippen LogP contribution is 2.02. The maximum Gasteiger partial charge on any atom is 0.0670 e. The predicted molar refractivity (Wildman–Crippen MR) is 38.3 cm³/mol. The van der Waals surface area contributed by atoms with Gasteiger partial charge in [0.2, 0.25) is 0 Å². The first-order valence-electron chi connectivity index (χ1n) is 3.12. The lowest BCUT2D eigenvalue weighted by Crippen LogP contribution is -1.88. The molecule has 0 atom stereocenters. The average molecular weight is 132 g/mol. The van der Waals surface area contributed by atoms with Crippen LogP contribution < -0.4 is 0 Å². The molecule has 1 heterocycles. The highest BCUT2D eigenvalue weighted by molar-refractivity contribution is 5.21. The molecule has 0 unspecified atom stereocenters. The van der Waals surface area contributed by atoms with E-state index in [9.17, 15) is 0 Å². The van der Waals surface area contributed by atoms with E-state index in [1.807, 2.05) is 19.1 Å². The van der Waals surface area contributed by atoms with E-state index in [1.54, 1.807) is 6.20 Å². The molecule has 0 spiro atoms. The molecule has 1 aromatic rings. The fraction of sp³-hybridized carbons (Fsp3) is 0.250. The Bertz CT molecular complexity index is 260. The van der Waals surface area contributed by atoms with E-state index >= 15 is 0 Å². The second-order valence-corrected chi connectivity index (χ2v) is 2.08. The first-order chi connectivity index (χ1) is 4.84. The molecule has 0 saturated carbocycles. The first-order valence-corrected chi connectivity index (χ1v) is 3.12. The van der Waals surface area contributed by atoms with E-state index in [4.69, 9.17) is 5.26 Å². The van der Waals surface area contributed by atoms with Crippen LogP contribution in [0.25, 0.3) is 0 Å². The zero-order chi connectivity index (χ0) is 7.40. The molecule has 0 aliphatic heterocycles. The largest absolute Gasteiger partial charge is 0.261 e. The van der Waals surface area contributed by atoms with Gasteiger partial charge in [-0.2, -0.15) is 5.26 Å². The molecule has 2 heteroatoms. The minimum absolute atomic E-state index is 0.458. The predicted octanol–water partition coefficient (Wildman–Crippen LogP) is 1.46. The fourth-order valence-electron chi connectivity index (χ4n) is 0.790. The van der Waals surface area contributed by atoms with Gasteiger partial charge in [0.25, 0.3) is 0 Å². The highest BCUT2D eigenvalue weighted by atomic mass is 14.7. The van der Waals surface area contributed by atoms with Gasteiger partial charge in [-0.15, -0.1) is 0 Å². The Morgan fingerprint density at radius 2 is 2.50 bits per heavy atom. The molecule has 1 aromatic heterocycles. The standard InChI is InChI=1S/C8H8N2/c1-7-8(4-5-9)3-2-6-10-7/h2-3,6H,4H2,1H3. The number of rotatable bonds is 1. The van der Waals surface area contributed by atoms with Crippen LogP contribution in [0.5, 0.6) is 0 Å². The van der Waals surface area contributed by atoms with Crippen molar-refractivity contribution in [1.82, 2.24) is 4.98 Å². The lowest BCUT2D eigenvalue weighted by Gasteiger charge is -1.96. The smallest absolute Gasteiger partial charge is 0.0670 e. The van der Waals surface area contributed by atoms with E-state index in [-0.39, 0.29) is 0 Å². The normalized spacial score (nSPS) is 8.80. The van der Waals surface area contributed by atoms with Crippen molar-refractivity contribution >= 4 is 0 Å². The summed E-state index contributed by atoms with van der Waals surface area (Å²) in [5.41, 5.74) is 1.97. The summed E-state index contributed by atoms with van der Waals surface area (Å²) < 4.78 is 0. The van der Waals surface area contributed by atoms with Crippen molar-refractivity contribution in [3.8, 4) is 6.07 Å². The van der Waals surface area contributed by atoms with E-state index < -0.39 is 0 Å². The van der Waals surface area contributed by atoms with Gasteiger partial charge in [-0.1, -0.05) is 6.07 Å². The van der Waals surface area contributed by atoms with Crippen LogP contribution in [-0.4, -0.2) is 4.98 Å². The molecule has 1 rings (SSSR count). The molecule has 10 heavy (non-hydrogen) atoms. The molecule has 50 valence electrons. The van der Waals surface area contributed by atoms with Crippen molar-refractivity contribution in [2.24, 2.45) is 0 Å². The highest BCUT2D eigenvalue weighted by Gasteiger charge is 1.94. The molecule has 0 aliphatic rings. The second kappa shape index (κ2) is 2.98. The number of hydrogen-bond donors (Lipinski definition) is 0. The molecule has 0 fully saturated rings. The minimum Gasteiger partial charge on any atom is -0.261 e. The third kappa shape index (κ3) is 1.32. The van der Waals surface area contributed by atoms with E-state index in [2.05, 4.69) is 11.1 Å². The van der Waals surface area contributed by atoms with Gasteiger partial charge in [-0.25, -0.2) is 0 Å². The van der Waals surface area contributed by atoms with Gasteiger partial charge in [0.05, 0.1) is 12.5 Å². The molecule has 0 saturated heterocycles. The third-order valence-electron chi connectivity index (χ3n) is 1.39. The van der Waals surface area contributed by atoms with Crippen molar-refractivity contribution in [3.05, 3.63) is 29.6 Å². The van der Waals surface area contributed by atoms with Crippen LogP contribution in [0.15, 0.2) is 18.3 Å². The van der Waals surface area contributed by atoms with E-state index in [1.165, 1.54) is 0 Å². The third-order valence-corrected chi connectivity index (χ3v) is 1.39. The molecule has 0 N–H and O–H groups in total. The van der Waals surface area contributed by atoms with Gasteiger partial charge in [-0.05, 0) is 18.6 Å². The number of hydrogen-bond acceptors (Lipinski definition) is 2. The van der Waals surface area contributed by atoms with E-state index in [0.717, 1.165) is 11.3 Å². The number of nitriles is 1. The summed E-state index contributed by atoms with van der Waals surface area (Å²) in [4.78, 5) is 4.05. The molecule has 0 bridgehead atoms. The SMILES string of the molecule is Cc1ncccc1CC#N. The second-order valence-electron chi connectivity index (χ2n) is 2.08. The molecule has 0 aliphatic carbocycles. The Kier molecular flexibility index (Phi) is 2.01. The first kappa shape index (κ1) is 6.76. The Morgan fingerprint density at radius 3 is 3.10 bits per heavy atom. The number of aromatic nitrogens is 1. The Labute approximate surface area is 60.1 Å². The van der Waals surface area contributed by atoms with Gasteiger partial charge in [-0.3, -0.25) is 4.98 Å². The maximum atomic E-state index is 8.37. The van der Waals surface area contributed by atoms with Crippen molar-refractivity contribution < 1.29 is 0 Å².